The van der Waals surface area contributed by atoms with E-state index >= 15 is 0 Å². The first-order valence-electron chi connectivity index (χ1n) is 11.4. The Labute approximate surface area is 194 Å². The number of fused-ring (bicyclic) bond motifs is 3. The lowest BCUT2D eigenvalue weighted by atomic mass is 9.98. The number of nitrogens with two attached hydrogens (primary N) is 1. The Kier molecular flexibility index (Phi) is 6.78. The summed E-state index contributed by atoms with van der Waals surface area (Å²) in [6.07, 6.45) is 5.29. The van der Waals surface area contributed by atoms with Crippen LogP contribution < -0.4 is 10.5 Å². The summed E-state index contributed by atoms with van der Waals surface area (Å²) >= 11 is 0. The first-order valence-corrected chi connectivity index (χ1v) is 11.4. The summed E-state index contributed by atoms with van der Waals surface area (Å²) in [6.45, 7) is 4.72. The number of aliphatic carboxylic acids is 1. The summed E-state index contributed by atoms with van der Waals surface area (Å²) in [5.74, 6) is 0.0692. The fourth-order valence-electron chi connectivity index (χ4n) is 4.25. The fourth-order valence-corrected chi connectivity index (χ4v) is 4.25. The van der Waals surface area contributed by atoms with E-state index < -0.39 is 5.97 Å². The molecule has 0 unspecified atom stereocenters. The zero-order valence-electron chi connectivity index (χ0n) is 19.2. The number of aromatic nitrogens is 1. The van der Waals surface area contributed by atoms with Crippen molar-refractivity contribution in [3.8, 4) is 5.75 Å². The zero-order chi connectivity index (χ0) is 23.4. The van der Waals surface area contributed by atoms with Gasteiger partial charge in [-0.3, -0.25) is 9.78 Å². The molecule has 0 aliphatic heterocycles. The lowest BCUT2D eigenvalue weighted by Gasteiger charge is -2.12. The molecule has 1 heterocycles. The van der Waals surface area contributed by atoms with Gasteiger partial charge < -0.3 is 15.6 Å². The molecule has 0 saturated heterocycles. The molecule has 5 heteroatoms. The highest BCUT2D eigenvalue weighted by Crippen LogP contribution is 2.30. The molecule has 4 aromatic rings. The van der Waals surface area contributed by atoms with Gasteiger partial charge in [0.1, 0.15) is 5.75 Å². The molecule has 0 aliphatic carbocycles. The lowest BCUT2D eigenvalue weighted by molar-refractivity contribution is -0.137. The number of carbonyl (C=O) groups is 1. The second kappa shape index (κ2) is 9.90. The molecule has 3 aromatic carbocycles. The largest absolute Gasteiger partial charge is 0.494 e. The molecule has 0 atom stereocenters. The van der Waals surface area contributed by atoms with Gasteiger partial charge in [-0.05, 0) is 91.3 Å². The average Bonchev–Trinajstić information content (AvgIpc) is 2.78. The number of ether oxygens (including phenoxy) is 1. The third-order valence-electron chi connectivity index (χ3n) is 6.08. The minimum atomic E-state index is -0.761. The molecule has 170 valence electrons. The minimum absolute atomic E-state index is 0.187. The van der Waals surface area contributed by atoms with Crippen LogP contribution in [0.15, 0.2) is 54.7 Å². The highest BCUT2D eigenvalue weighted by Gasteiger charge is 2.09. The number of benzene rings is 3. The maximum Gasteiger partial charge on any atom is 0.303 e. The van der Waals surface area contributed by atoms with Crippen LogP contribution in [0.1, 0.15) is 41.5 Å². The Bertz CT molecular complexity index is 1310. The highest BCUT2D eigenvalue weighted by atomic mass is 16.5. The maximum absolute atomic E-state index is 10.6. The second-order valence-corrected chi connectivity index (χ2v) is 8.72. The molecule has 0 aliphatic rings. The van der Waals surface area contributed by atoms with E-state index in [0.29, 0.717) is 18.7 Å². The number of nitrogens with zero attached hydrogens (tertiary/aromatic N) is 1. The van der Waals surface area contributed by atoms with E-state index in [1.807, 2.05) is 18.3 Å². The van der Waals surface area contributed by atoms with Crippen LogP contribution in [0.4, 0.5) is 5.69 Å². The smallest absolute Gasteiger partial charge is 0.303 e. The van der Waals surface area contributed by atoms with Crippen LogP contribution in [0.3, 0.4) is 0 Å². The summed E-state index contributed by atoms with van der Waals surface area (Å²) in [5, 5.41) is 12.1. The number of hydrogen-bond donors (Lipinski definition) is 2. The summed E-state index contributed by atoms with van der Waals surface area (Å²) in [6, 6.07) is 16.9. The van der Waals surface area contributed by atoms with Crippen molar-refractivity contribution in [3.05, 3.63) is 77.0 Å². The van der Waals surface area contributed by atoms with Gasteiger partial charge in [-0.25, -0.2) is 0 Å². The SMILES string of the molecule is Cc1ccc2c(c1)cc(N)c1ncc(CCc3ccc(OCCCCC(=O)O)cc3C)cc12. The first-order chi connectivity index (χ1) is 15.9. The third-order valence-corrected chi connectivity index (χ3v) is 6.08. The van der Waals surface area contributed by atoms with E-state index in [4.69, 9.17) is 15.6 Å². The maximum atomic E-state index is 10.6. The van der Waals surface area contributed by atoms with E-state index in [0.717, 1.165) is 41.3 Å². The Hall–Kier alpha value is -3.60. The Balaban J connectivity index is 1.45. The van der Waals surface area contributed by atoms with Gasteiger partial charge in [-0.15, -0.1) is 0 Å². The lowest BCUT2D eigenvalue weighted by Crippen LogP contribution is -2.01. The van der Waals surface area contributed by atoms with Crippen LogP contribution in [0.25, 0.3) is 21.7 Å². The van der Waals surface area contributed by atoms with Gasteiger partial charge in [0.15, 0.2) is 0 Å². The van der Waals surface area contributed by atoms with E-state index in [1.165, 1.54) is 27.6 Å². The monoisotopic (exact) mass is 442 g/mol. The van der Waals surface area contributed by atoms with E-state index in [-0.39, 0.29) is 6.42 Å². The number of aryl methyl sites for hydroxylation is 4. The molecule has 1 aromatic heterocycles. The van der Waals surface area contributed by atoms with E-state index in [2.05, 4.69) is 55.2 Å². The molecule has 0 saturated carbocycles. The van der Waals surface area contributed by atoms with Gasteiger partial charge in [0.2, 0.25) is 0 Å². The van der Waals surface area contributed by atoms with Crippen LogP contribution in [0.2, 0.25) is 0 Å². The molecule has 5 nitrogen and oxygen atoms in total. The van der Waals surface area contributed by atoms with Crippen molar-refractivity contribution in [1.29, 1.82) is 0 Å². The molecular formula is C28H30N2O3. The average molecular weight is 443 g/mol. The van der Waals surface area contributed by atoms with Crippen molar-refractivity contribution in [1.82, 2.24) is 4.98 Å². The number of rotatable bonds is 9. The van der Waals surface area contributed by atoms with Crippen molar-refractivity contribution >= 4 is 33.3 Å². The molecule has 0 amide bonds. The number of hydrogen-bond acceptors (Lipinski definition) is 4. The number of nitrogen functional groups attached to an aromatic ring is 1. The standard InChI is InChI=1S/C28H30N2O3/c1-18-6-11-24-22(13-18)16-26(29)28-25(24)15-20(17-30-28)7-8-21-9-10-23(14-19(21)2)33-12-4-3-5-27(31)32/h6,9-11,13-17H,3-5,7-8,12,29H2,1-2H3,(H,31,32). The van der Waals surface area contributed by atoms with Crippen molar-refractivity contribution < 1.29 is 14.6 Å². The van der Waals surface area contributed by atoms with Gasteiger partial charge in [0.05, 0.1) is 17.8 Å². The van der Waals surface area contributed by atoms with Crippen LogP contribution in [0.5, 0.6) is 5.75 Å². The molecule has 4 rings (SSSR count). The van der Waals surface area contributed by atoms with Crippen LogP contribution in [-0.4, -0.2) is 22.7 Å². The summed E-state index contributed by atoms with van der Waals surface area (Å²) in [4.78, 5) is 15.3. The Morgan fingerprint density at radius 2 is 1.85 bits per heavy atom. The van der Waals surface area contributed by atoms with Gasteiger partial charge in [-0.1, -0.05) is 29.8 Å². The highest BCUT2D eigenvalue weighted by molar-refractivity contribution is 6.11. The number of carboxylic acids is 1. The third kappa shape index (κ3) is 5.43. The van der Waals surface area contributed by atoms with Gasteiger partial charge in [-0.2, -0.15) is 0 Å². The first kappa shape index (κ1) is 22.6. The van der Waals surface area contributed by atoms with Gasteiger partial charge >= 0.3 is 5.97 Å². The minimum Gasteiger partial charge on any atom is -0.494 e. The number of pyridine rings is 1. The number of carboxylic acid groups (broad SMARTS) is 1. The van der Waals surface area contributed by atoms with E-state index in [1.54, 1.807) is 0 Å². The van der Waals surface area contributed by atoms with Gasteiger partial charge in [0.25, 0.3) is 0 Å². The molecule has 0 bridgehead atoms. The Morgan fingerprint density at radius 1 is 1.00 bits per heavy atom. The molecule has 3 N–H and O–H groups in total. The van der Waals surface area contributed by atoms with Crippen LogP contribution in [-0.2, 0) is 17.6 Å². The Morgan fingerprint density at radius 3 is 2.64 bits per heavy atom. The molecule has 0 spiro atoms. The van der Waals surface area contributed by atoms with Crippen molar-refractivity contribution in [2.75, 3.05) is 12.3 Å². The van der Waals surface area contributed by atoms with Crippen LogP contribution >= 0.6 is 0 Å². The fraction of sp³-hybridized carbons (Fsp3) is 0.286. The quantitative estimate of drug-likeness (QED) is 0.188. The topological polar surface area (TPSA) is 85.4 Å². The predicted molar refractivity (Wildman–Crippen MR) is 134 cm³/mol. The molecule has 0 radical (unpaired) electrons. The zero-order valence-corrected chi connectivity index (χ0v) is 19.2. The van der Waals surface area contributed by atoms with Gasteiger partial charge in [0, 0.05) is 18.0 Å². The number of unbranched alkanes of at least 4 members (excludes halogenated alkanes) is 1. The second-order valence-electron chi connectivity index (χ2n) is 8.72. The molecule has 0 fully saturated rings. The summed E-state index contributed by atoms with van der Waals surface area (Å²) in [5.41, 5.74) is 12.7. The predicted octanol–water partition coefficient (Wildman–Crippen LogP) is 6.01. The number of anilines is 1. The van der Waals surface area contributed by atoms with Crippen molar-refractivity contribution in [2.45, 2.75) is 46.0 Å². The molecule has 33 heavy (non-hydrogen) atoms. The van der Waals surface area contributed by atoms with E-state index in [9.17, 15) is 4.79 Å². The normalized spacial score (nSPS) is 11.2. The summed E-state index contributed by atoms with van der Waals surface area (Å²) < 4.78 is 5.78. The van der Waals surface area contributed by atoms with Crippen LogP contribution in [0, 0.1) is 13.8 Å². The van der Waals surface area contributed by atoms with Crippen molar-refractivity contribution in [2.24, 2.45) is 0 Å². The summed E-state index contributed by atoms with van der Waals surface area (Å²) in [7, 11) is 0. The van der Waals surface area contributed by atoms with Crippen molar-refractivity contribution in [3.63, 3.8) is 0 Å². The molecular weight excluding hydrogens is 412 g/mol.